The Morgan fingerprint density at radius 3 is 1.67 bits per heavy atom. The van der Waals surface area contributed by atoms with Crippen LogP contribution in [-0.2, 0) is 10.0 Å². The lowest BCUT2D eigenvalue weighted by Gasteiger charge is -2.19. The highest BCUT2D eigenvalue weighted by Gasteiger charge is 2.22. The maximum absolute atomic E-state index is 12.5. The Balaban J connectivity index is 0.00000400. The first-order chi connectivity index (χ1) is 9.24. The smallest absolute Gasteiger partial charge is 0.241 e. The van der Waals surface area contributed by atoms with E-state index in [1.54, 1.807) is 0 Å². The second kappa shape index (κ2) is 8.13. The van der Waals surface area contributed by atoms with Gasteiger partial charge in [0.15, 0.2) is 0 Å². The molecule has 0 aliphatic heterocycles. The molecule has 0 saturated heterocycles. The molecule has 0 aliphatic rings. The molecular weight excluding hydrogens is 308 g/mol. The monoisotopic (exact) mass is 334 g/mol. The van der Waals surface area contributed by atoms with Crippen LogP contribution in [0, 0.1) is 34.6 Å². The average molecular weight is 335 g/mol. The van der Waals surface area contributed by atoms with Gasteiger partial charge in [-0.3, -0.25) is 0 Å². The van der Waals surface area contributed by atoms with Crippen LogP contribution in [0.2, 0.25) is 0 Å². The van der Waals surface area contributed by atoms with Crippen molar-refractivity contribution in [1.29, 1.82) is 0 Å². The fourth-order valence-corrected chi connectivity index (χ4v) is 4.02. The maximum atomic E-state index is 12.5. The van der Waals surface area contributed by atoms with E-state index in [9.17, 15) is 8.42 Å². The molecular formula is C15H27ClN2O2S. The molecule has 0 unspecified atom stereocenters. The van der Waals surface area contributed by atoms with Crippen LogP contribution in [0.4, 0.5) is 0 Å². The average Bonchev–Trinajstić information content (AvgIpc) is 2.39. The van der Waals surface area contributed by atoms with Gasteiger partial charge in [-0.2, -0.15) is 0 Å². The molecule has 0 radical (unpaired) electrons. The molecule has 1 aromatic rings. The van der Waals surface area contributed by atoms with Gasteiger partial charge in [-0.15, -0.1) is 12.4 Å². The van der Waals surface area contributed by atoms with Gasteiger partial charge in [-0.25, -0.2) is 13.1 Å². The lowest BCUT2D eigenvalue weighted by atomic mass is 9.95. The van der Waals surface area contributed by atoms with E-state index >= 15 is 0 Å². The molecule has 6 heteroatoms. The number of hydrogen-bond acceptors (Lipinski definition) is 3. The molecule has 0 fully saturated rings. The first-order valence-electron chi connectivity index (χ1n) is 7.01. The third-order valence-electron chi connectivity index (χ3n) is 4.04. The fraction of sp³-hybridized carbons (Fsp3) is 0.600. The standard InChI is InChI=1S/C15H26N2O2S.ClH/c1-7-16-8-9-17-20(18,19)15-13(5)11(3)10(2)12(4)14(15)6;/h16-17H,7-9H2,1-6H3;1H. The Morgan fingerprint density at radius 1 is 0.810 bits per heavy atom. The van der Waals surface area contributed by atoms with Gasteiger partial charge >= 0.3 is 0 Å². The minimum Gasteiger partial charge on any atom is -0.316 e. The van der Waals surface area contributed by atoms with E-state index < -0.39 is 10.0 Å². The number of nitrogens with one attached hydrogen (secondary N) is 2. The highest BCUT2D eigenvalue weighted by atomic mass is 35.5. The third kappa shape index (κ3) is 4.42. The molecule has 1 aromatic carbocycles. The van der Waals surface area contributed by atoms with Crippen molar-refractivity contribution in [3.63, 3.8) is 0 Å². The van der Waals surface area contributed by atoms with Gasteiger partial charge in [-0.1, -0.05) is 6.92 Å². The van der Waals surface area contributed by atoms with Crippen molar-refractivity contribution in [2.24, 2.45) is 0 Å². The summed E-state index contributed by atoms with van der Waals surface area (Å²) in [7, 11) is -3.45. The van der Waals surface area contributed by atoms with Crippen LogP contribution in [0.1, 0.15) is 34.7 Å². The molecule has 0 spiro atoms. The van der Waals surface area contributed by atoms with Crippen molar-refractivity contribution in [1.82, 2.24) is 10.0 Å². The number of halogens is 1. The van der Waals surface area contributed by atoms with Crippen LogP contribution in [0.25, 0.3) is 0 Å². The van der Waals surface area contributed by atoms with Crippen molar-refractivity contribution in [2.45, 2.75) is 46.4 Å². The van der Waals surface area contributed by atoms with Crippen molar-refractivity contribution < 1.29 is 8.42 Å². The van der Waals surface area contributed by atoms with Crippen LogP contribution in [-0.4, -0.2) is 28.1 Å². The molecule has 0 aliphatic carbocycles. The van der Waals surface area contributed by atoms with Gasteiger partial charge in [0, 0.05) is 13.1 Å². The molecule has 21 heavy (non-hydrogen) atoms. The Bertz CT molecular complexity index is 569. The molecule has 122 valence electrons. The van der Waals surface area contributed by atoms with E-state index in [0.29, 0.717) is 18.0 Å². The van der Waals surface area contributed by atoms with Crippen LogP contribution in [0.5, 0.6) is 0 Å². The maximum Gasteiger partial charge on any atom is 0.241 e. The topological polar surface area (TPSA) is 58.2 Å². The lowest BCUT2D eigenvalue weighted by molar-refractivity contribution is 0.576. The van der Waals surface area contributed by atoms with Crippen LogP contribution in [0.15, 0.2) is 4.90 Å². The summed E-state index contributed by atoms with van der Waals surface area (Å²) in [6.07, 6.45) is 0. The molecule has 0 saturated carbocycles. The van der Waals surface area contributed by atoms with Crippen molar-refractivity contribution in [2.75, 3.05) is 19.6 Å². The summed E-state index contributed by atoms with van der Waals surface area (Å²) in [5.41, 5.74) is 4.98. The SMILES string of the molecule is CCNCCNS(=O)(=O)c1c(C)c(C)c(C)c(C)c1C.Cl. The van der Waals surface area contributed by atoms with Crippen LogP contribution < -0.4 is 10.0 Å². The van der Waals surface area contributed by atoms with Gasteiger partial charge in [0.2, 0.25) is 10.0 Å². The van der Waals surface area contributed by atoms with E-state index in [0.717, 1.165) is 28.8 Å². The predicted octanol–water partition coefficient (Wildman–Crippen LogP) is 2.54. The highest BCUT2D eigenvalue weighted by molar-refractivity contribution is 7.89. The van der Waals surface area contributed by atoms with E-state index in [1.807, 2.05) is 41.5 Å². The number of hydrogen-bond donors (Lipinski definition) is 2. The molecule has 0 heterocycles. The Kier molecular flexibility index (Phi) is 7.89. The number of likely N-dealkylation sites (N-methyl/N-ethyl adjacent to an activating group) is 1. The quantitative estimate of drug-likeness (QED) is 0.786. The fourth-order valence-electron chi connectivity index (χ4n) is 2.39. The molecule has 0 atom stereocenters. The van der Waals surface area contributed by atoms with E-state index in [4.69, 9.17) is 0 Å². The molecule has 4 nitrogen and oxygen atoms in total. The van der Waals surface area contributed by atoms with Gasteiger partial charge in [-0.05, 0) is 69.0 Å². The molecule has 0 bridgehead atoms. The van der Waals surface area contributed by atoms with Crippen LogP contribution >= 0.6 is 12.4 Å². The van der Waals surface area contributed by atoms with E-state index in [-0.39, 0.29) is 12.4 Å². The zero-order chi connectivity index (χ0) is 15.5. The zero-order valence-electron chi connectivity index (χ0n) is 13.8. The predicted molar refractivity (Wildman–Crippen MR) is 91.1 cm³/mol. The van der Waals surface area contributed by atoms with Gasteiger partial charge in [0.25, 0.3) is 0 Å². The summed E-state index contributed by atoms with van der Waals surface area (Å²) >= 11 is 0. The Hall–Kier alpha value is -0.620. The summed E-state index contributed by atoms with van der Waals surface area (Å²) in [4.78, 5) is 0.439. The summed E-state index contributed by atoms with van der Waals surface area (Å²) in [5.74, 6) is 0. The van der Waals surface area contributed by atoms with Crippen molar-refractivity contribution in [3.05, 3.63) is 27.8 Å². The van der Waals surface area contributed by atoms with Crippen molar-refractivity contribution in [3.8, 4) is 0 Å². The first kappa shape index (κ1) is 20.4. The Morgan fingerprint density at radius 2 is 1.24 bits per heavy atom. The second-order valence-corrected chi connectivity index (χ2v) is 6.91. The third-order valence-corrected chi connectivity index (χ3v) is 5.78. The largest absolute Gasteiger partial charge is 0.316 e. The summed E-state index contributed by atoms with van der Waals surface area (Å²) < 4.78 is 27.7. The zero-order valence-corrected chi connectivity index (χ0v) is 15.4. The number of sulfonamides is 1. The number of benzene rings is 1. The molecule has 1 rings (SSSR count). The molecule has 0 aromatic heterocycles. The minimum absolute atomic E-state index is 0. The minimum atomic E-state index is -3.45. The highest BCUT2D eigenvalue weighted by Crippen LogP contribution is 2.29. The molecule has 0 amide bonds. The van der Waals surface area contributed by atoms with Gasteiger partial charge in [0.1, 0.15) is 0 Å². The second-order valence-electron chi connectivity index (χ2n) is 5.21. The lowest BCUT2D eigenvalue weighted by Crippen LogP contribution is -2.32. The van der Waals surface area contributed by atoms with Gasteiger partial charge < -0.3 is 5.32 Å². The van der Waals surface area contributed by atoms with Crippen LogP contribution in [0.3, 0.4) is 0 Å². The van der Waals surface area contributed by atoms with Gasteiger partial charge in [0.05, 0.1) is 4.90 Å². The Labute approximate surface area is 135 Å². The summed E-state index contributed by atoms with van der Waals surface area (Å²) in [5, 5.41) is 3.11. The van der Waals surface area contributed by atoms with E-state index in [1.165, 1.54) is 5.56 Å². The summed E-state index contributed by atoms with van der Waals surface area (Å²) in [6, 6.07) is 0. The first-order valence-corrected chi connectivity index (χ1v) is 8.49. The number of rotatable bonds is 6. The summed E-state index contributed by atoms with van der Waals surface area (Å²) in [6.45, 7) is 13.6. The molecule has 2 N–H and O–H groups in total. The van der Waals surface area contributed by atoms with E-state index in [2.05, 4.69) is 10.0 Å². The van der Waals surface area contributed by atoms with Crippen molar-refractivity contribution >= 4 is 22.4 Å². The normalized spacial score (nSPS) is 11.3.